The summed E-state index contributed by atoms with van der Waals surface area (Å²) in [5, 5.41) is 16.3. The molecule has 20 heavy (non-hydrogen) atoms. The van der Waals surface area contributed by atoms with Crippen LogP contribution in [0.4, 0.5) is 10.5 Å². The molecule has 7 nitrogen and oxygen atoms in total. The van der Waals surface area contributed by atoms with E-state index in [1.54, 1.807) is 0 Å². The van der Waals surface area contributed by atoms with E-state index in [0.717, 1.165) is 0 Å². The fourth-order valence-corrected chi connectivity index (χ4v) is 1.81. The summed E-state index contributed by atoms with van der Waals surface area (Å²) in [5.74, 6) is -1.22. The van der Waals surface area contributed by atoms with Gasteiger partial charge < -0.3 is 21.1 Å². The summed E-state index contributed by atoms with van der Waals surface area (Å²) < 4.78 is 0.457. The van der Waals surface area contributed by atoms with E-state index in [4.69, 9.17) is 5.11 Å². The first kappa shape index (κ1) is 16.0. The van der Waals surface area contributed by atoms with Gasteiger partial charge in [-0.05, 0) is 34.1 Å². The molecule has 4 N–H and O–H groups in total. The monoisotopic (exact) mass is 343 g/mol. The molecular weight excluding hydrogens is 330 g/mol. The highest BCUT2D eigenvalue weighted by atomic mass is 79.9. The Labute approximate surface area is 123 Å². The van der Waals surface area contributed by atoms with Crippen LogP contribution in [0.1, 0.15) is 16.8 Å². The number of hydrogen-bond donors (Lipinski definition) is 4. The molecule has 0 unspecified atom stereocenters. The van der Waals surface area contributed by atoms with Crippen molar-refractivity contribution in [3.8, 4) is 0 Å². The number of carbonyl (C=O) groups is 3. The molecule has 0 fully saturated rings. The van der Waals surface area contributed by atoms with Crippen LogP contribution in [0.15, 0.2) is 22.7 Å². The molecule has 0 radical (unpaired) electrons. The number of amides is 3. The van der Waals surface area contributed by atoms with Gasteiger partial charge in [-0.3, -0.25) is 4.79 Å². The Morgan fingerprint density at radius 1 is 1.30 bits per heavy atom. The van der Waals surface area contributed by atoms with Crippen LogP contribution < -0.4 is 16.0 Å². The van der Waals surface area contributed by atoms with Gasteiger partial charge in [-0.15, -0.1) is 0 Å². The summed E-state index contributed by atoms with van der Waals surface area (Å²) in [6.07, 6.45) is 0.184. The number of urea groups is 1. The highest BCUT2D eigenvalue weighted by Gasteiger charge is 2.09. The van der Waals surface area contributed by atoms with Gasteiger partial charge in [0.15, 0.2) is 0 Å². The van der Waals surface area contributed by atoms with Gasteiger partial charge in [-0.2, -0.15) is 0 Å². The Morgan fingerprint density at radius 3 is 2.55 bits per heavy atom. The normalized spacial score (nSPS) is 9.70. The Hall–Kier alpha value is -2.09. The van der Waals surface area contributed by atoms with Crippen molar-refractivity contribution in [2.24, 2.45) is 0 Å². The Balaban J connectivity index is 2.54. The third-order valence-electron chi connectivity index (χ3n) is 2.38. The summed E-state index contributed by atoms with van der Waals surface area (Å²) in [6.45, 7) is 0.205. The van der Waals surface area contributed by atoms with Crippen molar-refractivity contribution in [2.75, 3.05) is 18.9 Å². The van der Waals surface area contributed by atoms with Crippen LogP contribution >= 0.6 is 15.9 Å². The third kappa shape index (κ3) is 4.88. The van der Waals surface area contributed by atoms with E-state index in [-0.39, 0.29) is 24.4 Å². The molecule has 0 atom stereocenters. The van der Waals surface area contributed by atoms with Crippen molar-refractivity contribution in [3.05, 3.63) is 28.2 Å². The number of benzene rings is 1. The van der Waals surface area contributed by atoms with Crippen LogP contribution in [0.3, 0.4) is 0 Å². The largest absolute Gasteiger partial charge is 0.478 e. The van der Waals surface area contributed by atoms with Crippen LogP contribution in [0, 0.1) is 0 Å². The maximum Gasteiger partial charge on any atom is 0.335 e. The molecule has 0 bridgehead atoms. The highest BCUT2D eigenvalue weighted by Crippen LogP contribution is 2.23. The van der Waals surface area contributed by atoms with Gasteiger partial charge in [0.1, 0.15) is 0 Å². The van der Waals surface area contributed by atoms with Crippen molar-refractivity contribution >= 4 is 39.5 Å². The molecule has 108 valence electrons. The van der Waals surface area contributed by atoms with E-state index < -0.39 is 12.0 Å². The lowest BCUT2D eigenvalue weighted by Gasteiger charge is -2.09. The summed E-state index contributed by atoms with van der Waals surface area (Å²) in [4.78, 5) is 33.3. The second-order valence-corrected chi connectivity index (χ2v) is 4.66. The molecule has 0 heterocycles. The van der Waals surface area contributed by atoms with Crippen molar-refractivity contribution < 1.29 is 19.5 Å². The maximum atomic E-state index is 11.6. The number of halogens is 1. The molecule has 0 aromatic heterocycles. The first-order valence-electron chi connectivity index (χ1n) is 5.72. The minimum Gasteiger partial charge on any atom is -0.478 e. The average molecular weight is 344 g/mol. The van der Waals surface area contributed by atoms with Gasteiger partial charge in [0.25, 0.3) is 0 Å². The van der Waals surface area contributed by atoms with E-state index in [0.29, 0.717) is 10.2 Å². The van der Waals surface area contributed by atoms with Gasteiger partial charge in [-0.25, -0.2) is 9.59 Å². The van der Waals surface area contributed by atoms with E-state index in [1.165, 1.54) is 25.2 Å². The average Bonchev–Trinajstić information content (AvgIpc) is 2.40. The van der Waals surface area contributed by atoms with Crippen LogP contribution in [-0.4, -0.2) is 36.6 Å². The number of nitrogens with one attached hydrogen (secondary N) is 3. The first-order valence-corrected chi connectivity index (χ1v) is 6.51. The molecule has 1 aromatic rings. The molecule has 0 aliphatic rings. The van der Waals surface area contributed by atoms with Crippen LogP contribution in [0.25, 0.3) is 0 Å². The molecule has 0 saturated carbocycles. The summed E-state index contributed by atoms with van der Waals surface area (Å²) in [7, 11) is 1.52. The van der Waals surface area contributed by atoms with Crippen LogP contribution in [0.5, 0.6) is 0 Å². The van der Waals surface area contributed by atoms with Crippen LogP contribution in [-0.2, 0) is 4.79 Å². The number of hydrogen-bond acceptors (Lipinski definition) is 3. The minimum absolute atomic E-state index is 0.113. The number of rotatable bonds is 5. The molecule has 8 heteroatoms. The number of carboxylic acids is 1. The molecule has 1 aromatic carbocycles. The fraction of sp³-hybridized carbons (Fsp3) is 0.250. The lowest BCUT2D eigenvalue weighted by atomic mass is 10.2. The van der Waals surface area contributed by atoms with Gasteiger partial charge >= 0.3 is 12.0 Å². The summed E-state index contributed by atoms with van der Waals surface area (Å²) in [5.41, 5.74) is 0.551. The predicted octanol–water partition coefficient (Wildman–Crippen LogP) is 1.40. The van der Waals surface area contributed by atoms with Crippen molar-refractivity contribution in [2.45, 2.75) is 6.42 Å². The van der Waals surface area contributed by atoms with Gasteiger partial charge in [-0.1, -0.05) is 0 Å². The highest BCUT2D eigenvalue weighted by molar-refractivity contribution is 9.10. The number of carbonyl (C=O) groups excluding carboxylic acids is 2. The minimum atomic E-state index is -1.05. The Bertz CT molecular complexity index is 533. The predicted molar refractivity (Wildman–Crippen MR) is 76.8 cm³/mol. The lowest BCUT2D eigenvalue weighted by molar-refractivity contribution is -0.120. The second kappa shape index (κ2) is 7.49. The molecular formula is C12H14BrN3O4. The third-order valence-corrected chi connectivity index (χ3v) is 3.04. The second-order valence-electron chi connectivity index (χ2n) is 3.80. The molecule has 1 rings (SSSR count). The zero-order valence-corrected chi connectivity index (χ0v) is 12.3. The van der Waals surface area contributed by atoms with Crippen LogP contribution in [0.2, 0.25) is 0 Å². The van der Waals surface area contributed by atoms with E-state index in [1.807, 2.05) is 0 Å². The lowest BCUT2D eigenvalue weighted by Crippen LogP contribution is -2.32. The first-order chi connectivity index (χ1) is 9.43. The molecule has 0 aliphatic carbocycles. The fourth-order valence-electron chi connectivity index (χ4n) is 1.33. The Kier molecular flexibility index (Phi) is 5.98. The molecule has 0 saturated heterocycles. The topological polar surface area (TPSA) is 108 Å². The zero-order valence-electron chi connectivity index (χ0n) is 10.7. The Morgan fingerprint density at radius 2 is 2.00 bits per heavy atom. The molecule has 0 spiro atoms. The van der Waals surface area contributed by atoms with E-state index in [2.05, 4.69) is 31.9 Å². The van der Waals surface area contributed by atoms with Crippen molar-refractivity contribution in [3.63, 3.8) is 0 Å². The molecule has 3 amide bonds. The van der Waals surface area contributed by atoms with Gasteiger partial charge in [0, 0.05) is 24.5 Å². The summed E-state index contributed by atoms with van der Waals surface area (Å²) >= 11 is 3.18. The summed E-state index contributed by atoms with van der Waals surface area (Å²) in [6, 6.07) is 3.78. The van der Waals surface area contributed by atoms with Gasteiger partial charge in [0.2, 0.25) is 5.91 Å². The standard InChI is InChI=1S/C12H14BrN3O4/c1-14-10(17)4-5-15-12(20)16-9-3-2-7(11(18)19)6-8(9)13/h2-3,6H,4-5H2,1H3,(H,14,17)(H,18,19)(H2,15,16,20). The quantitative estimate of drug-likeness (QED) is 0.648. The van der Waals surface area contributed by atoms with Gasteiger partial charge in [0.05, 0.1) is 11.3 Å². The number of aromatic carboxylic acids is 1. The van der Waals surface area contributed by atoms with Crippen molar-refractivity contribution in [1.29, 1.82) is 0 Å². The van der Waals surface area contributed by atoms with Crippen molar-refractivity contribution in [1.82, 2.24) is 10.6 Å². The van der Waals surface area contributed by atoms with E-state index >= 15 is 0 Å². The van der Waals surface area contributed by atoms with E-state index in [9.17, 15) is 14.4 Å². The zero-order chi connectivity index (χ0) is 15.1. The maximum absolute atomic E-state index is 11.6. The SMILES string of the molecule is CNC(=O)CCNC(=O)Nc1ccc(C(=O)O)cc1Br. The molecule has 0 aliphatic heterocycles. The number of carboxylic acid groups (broad SMARTS) is 1. The number of anilines is 1. The smallest absolute Gasteiger partial charge is 0.335 e.